The zero-order valence-electron chi connectivity index (χ0n) is 59.4. The average Bonchev–Trinajstić information content (AvgIpc) is 0.814. The lowest BCUT2D eigenvalue weighted by Crippen LogP contribution is -2.52. The molecule has 8 heterocycles. The number of amides is 4. The van der Waals surface area contributed by atoms with Crippen LogP contribution in [0.4, 0.5) is 4.79 Å². The summed E-state index contributed by atoms with van der Waals surface area (Å²) in [6.45, 7) is 7.77. The van der Waals surface area contributed by atoms with E-state index in [1.807, 2.05) is 146 Å². The topological polar surface area (TPSA) is 308 Å². The SMILES string of the molecule is COC(=O)[C@H](Cc1cc(CN(Cc2ccccn2)Cc2ccccn2)c(O)c(CN(Cc2ccccn2)Cc2ccccn2)c1)NC(=O)CNC(=O)CNC(=O)[C@H](Cc1cc(CN(Cc2ccccn2)Cc2ccccn2)c(O)c(CN(Cc2ccccn2)Cc2ccccn2)c1)NC(=O)OC(C)(C)C. The Balaban J connectivity index is 0.880. The Morgan fingerprint density at radius 2 is 0.657 bits per heavy atom. The molecular formula is C80H88N16O9. The Bertz CT molecular complexity index is 4000. The number of pyridine rings is 8. The minimum absolute atomic E-state index is 0.0152. The molecule has 10 aromatic rings. The van der Waals surface area contributed by atoms with E-state index in [4.69, 9.17) is 9.47 Å². The van der Waals surface area contributed by atoms with Crippen LogP contribution >= 0.6 is 0 Å². The highest BCUT2D eigenvalue weighted by Gasteiger charge is 2.29. The molecule has 0 aliphatic rings. The van der Waals surface area contributed by atoms with Crippen molar-refractivity contribution in [1.82, 2.24) is 80.7 Å². The number of rotatable bonds is 36. The number of aromatic nitrogens is 8. The molecule has 0 saturated carbocycles. The van der Waals surface area contributed by atoms with Crippen molar-refractivity contribution in [2.75, 3.05) is 20.2 Å². The van der Waals surface area contributed by atoms with Crippen LogP contribution in [-0.2, 0) is 120 Å². The monoisotopic (exact) mass is 1420 g/mol. The van der Waals surface area contributed by atoms with Crippen molar-refractivity contribution in [2.45, 2.75) is 130 Å². The number of aromatic hydroxyl groups is 2. The van der Waals surface area contributed by atoms with Gasteiger partial charge in [-0.2, -0.15) is 0 Å². The van der Waals surface area contributed by atoms with Gasteiger partial charge in [0, 0.05) is 163 Å². The third-order valence-corrected chi connectivity index (χ3v) is 16.7. The quantitative estimate of drug-likeness (QED) is 0.0200. The number of esters is 1. The molecule has 6 N–H and O–H groups in total. The lowest BCUT2D eigenvalue weighted by Gasteiger charge is -2.27. The molecule has 0 aliphatic carbocycles. The summed E-state index contributed by atoms with van der Waals surface area (Å²) in [6.07, 6.45) is 12.6. The summed E-state index contributed by atoms with van der Waals surface area (Å²) in [4.78, 5) is 115. The van der Waals surface area contributed by atoms with Gasteiger partial charge >= 0.3 is 12.1 Å². The molecule has 0 unspecified atom stereocenters. The lowest BCUT2D eigenvalue weighted by molar-refractivity contribution is -0.145. The number of nitrogens with zero attached hydrogens (tertiary/aromatic N) is 12. The Kier molecular flexibility index (Phi) is 27.8. The molecule has 0 spiro atoms. The van der Waals surface area contributed by atoms with Gasteiger partial charge in [0.2, 0.25) is 17.7 Å². The van der Waals surface area contributed by atoms with E-state index in [1.54, 1.807) is 94.6 Å². The first-order valence-electron chi connectivity index (χ1n) is 34.6. The molecule has 4 amide bonds. The number of nitrogens with one attached hydrogen (secondary N) is 4. The summed E-state index contributed by atoms with van der Waals surface area (Å²) in [7, 11) is 1.21. The van der Waals surface area contributed by atoms with Crippen molar-refractivity contribution >= 4 is 29.8 Å². The van der Waals surface area contributed by atoms with Gasteiger partial charge in [-0.3, -0.25) is 73.9 Å². The second kappa shape index (κ2) is 38.5. The minimum atomic E-state index is -1.35. The summed E-state index contributed by atoms with van der Waals surface area (Å²) >= 11 is 0. The number of ether oxygens (including phenoxy) is 2. The number of benzene rings is 2. The molecule has 25 nitrogen and oxygen atoms in total. The fourth-order valence-corrected chi connectivity index (χ4v) is 12.0. The predicted octanol–water partition coefficient (Wildman–Crippen LogP) is 8.64. The first-order valence-corrected chi connectivity index (χ1v) is 34.6. The van der Waals surface area contributed by atoms with E-state index in [9.17, 15) is 34.2 Å². The van der Waals surface area contributed by atoms with Gasteiger partial charge in [-0.25, -0.2) is 9.59 Å². The van der Waals surface area contributed by atoms with Crippen molar-refractivity contribution < 1.29 is 43.7 Å². The van der Waals surface area contributed by atoms with Crippen LogP contribution in [0, 0.1) is 0 Å². The van der Waals surface area contributed by atoms with Crippen LogP contribution in [0.5, 0.6) is 11.5 Å². The Labute approximate surface area is 611 Å². The van der Waals surface area contributed by atoms with E-state index in [1.165, 1.54) is 7.11 Å². The maximum absolute atomic E-state index is 14.6. The molecule has 0 fully saturated rings. The van der Waals surface area contributed by atoms with Crippen LogP contribution in [0.3, 0.4) is 0 Å². The smallest absolute Gasteiger partial charge is 0.408 e. The number of phenolic OH excluding ortho intramolecular Hbond substituents is 2. The summed E-state index contributed by atoms with van der Waals surface area (Å²) < 4.78 is 10.9. The zero-order valence-corrected chi connectivity index (χ0v) is 59.4. The first kappa shape index (κ1) is 75.9. The summed E-state index contributed by atoms with van der Waals surface area (Å²) in [5.74, 6) is -3.01. The Morgan fingerprint density at radius 3 is 0.914 bits per heavy atom. The van der Waals surface area contributed by atoms with Crippen LogP contribution in [0.25, 0.3) is 0 Å². The number of hydrogen-bond acceptors (Lipinski definition) is 21. The second-order valence-electron chi connectivity index (χ2n) is 26.4. The molecule has 0 radical (unpaired) electrons. The number of hydrogen-bond donors (Lipinski definition) is 6. The van der Waals surface area contributed by atoms with Gasteiger partial charge in [0.1, 0.15) is 29.2 Å². The van der Waals surface area contributed by atoms with Crippen molar-refractivity contribution in [3.63, 3.8) is 0 Å². The Morgan fingerprint density at radius 1 is 0.381 bits per heavy atom. The third-order valence-electron chi connectivity index (χ3n) is 16.7. The van der Waals surface area contributed by atoms with Crippen LogP contribution in [0.15, 0.2) is 219 Å². The number of alkyl carbamates (subject to hydrolysis) is 1. The van der Waals surface area contributed by atoms with E-state index in [2.05, 4.69) is 80.7 Å². The van der Waals surface area contributed by atoms with E-state index in [0.29, 0.717) is 85.7 Å². The van der Waals surface area contributed by atoms with Gasteiger partial charge in [0.15, 0.2) is 0 Å². The molecule has 0 saturated heterocycles. The zero-order chi connectivity index (χ0) is 73.8. The second-order valence-corrected chi connectivity index (χ2v) is 26.4. The molecule has 542 valence electrons. The molecule has 8 aromatic heterocycles. The molecule has 10 rings (SSSR count). The van der Waals surface area contributed by atoms with E-state index in [0.717, 1.165) is 45.6 Å². The minimum Gasteiger partial charge on any atom is -0.507 e. The van der Waals surface area contributed by atoms with Gasteiger partial charge in [-0.1, -0.05) is 72.8 Å². The van der Waals surface area contributed by atoms with Gasteiger partial charge in [-0.15, -0.1) is 0 Å². The van der Waals surface area contributed by atoms with Crippen molar-refractivity contribution in [1.29, 1.82) is 0 Å². The number of phenols is 2. The van der Waals surface area contributed by atoms with Gasteiger partial charge in [-0.05, 0) is 129 Å². The van der Waals surface area contributed by atoms with Crippen LogP contribution < -0.4 is 21.3 Å². The average molecular weight is 1420 g/mol. The van der Waals surface area contributed by atoms with Gasteiger partial charge < -0.3 is 41.0 Å². The molecule has 105 heavy (non-hydrogen) atoms. The summed E-state index contributed by atoms with van der Waals surface area (Å²) in [5.41, 5.74) is 8.56. The highest BCUT2D eigenvalue weighted by Crippen LogP contribution is 2.32. The molecule has 0 bridgehead atoms. The van der Waals surface area contributed by atoms with Crippen LogP contribution in [0.2, 0.25) is 0 Å². The molecule has 0 aliphatic heterocycles. The van der Waals surface area contributed by atoms with E-state index < -0.39 is 60.6 Å². The van der Waals surface area contributed by atoms with Crippen LogP contribution in [-0.4, -0.2) is 137 Å². The normalized spacial score (nSPS) is 12.0. The third kappa shape index (κ3) is 25.0. The fourth-order valence-electron chi connectivity index (χ4n) is 12.0. The highest BCUT2D eigenvalue weighted by molar-refractivity contribution is 5.92. The lowest BCUT2D eigenvalue weighted by atomic mass is 9.97. The standard InChI is InChI=1S/C80H88N16O9/c1-80(2,3)105-79(103)92-71(41-57-37-59(45-93(49-63-21-5-13-29-81-63)50-64-22-6-14-30-82-64)75(99)60(38-57)46-94(51-65-23-7-15-31-83-65)52-66-24-8-16-32-84-66)77(101)90-43-73(97)89-44-74(98)91-72(78(102)104-4)42-58-39-61(47-95(53-67-25-9-17-33-85-67)54-68-26-10-18-34-86-68)76(100)62(40-58)48-96(55-69-27-11-19-35-87-69)56-70-28-12-20-36-88-70/h5-40,71-72,99-100H,41-56H2,1-4H3,(H,89,97)(H,90,101)(H,91,98)(H,92,103)/t71-,72-/m0/s1. The summed E-state index contributed by atoms with van der Waals surface area (Å²) in [5, 5.41) is 35.6. The largest absolute Gasteiger partial charge is 0.507 e. The highest BCUT2D eigenvalue weighted by atomic mass is 16.6. The fraction of sp³-hybridized carbons (Fsp3) is 0.287. The summed E-state index contributed by atoms with van der Waals surface area (Å²) in [6, 6.07) is 50.0. The van der Waals surface area contributed by atoms with E-state index in [-0.39, 0.29) is 50.5 Å². The predicted molar refractivity (Wildman–Crippen MR) is 392 cm³/mol. The van der Waals surface area contributed by atoms with Crippen LogP contribution in [0.1, 0.15) is 99.7 Å². The molecule has 2 aromatic carbocycles. The van der Waals surface area contributed by atoms with Gasteiger partial charge in [0.25, 0.3) is 0 Å². The number of carbonyl (C=O) groups excluding carboxylic acids is 5. The van der Waals surface area contributed by atoms with Crippen molar-refractivity contribution in [2.24, 2.45) is 0 Å². The van der Waals surface area contributed by atoms with Gasteiger partial charge in [0.05, 0.1) is 65.8 Å². The first-order chi connectivity index (χ1) is 50.9. The van der Waals surface area contributed by atoms with Crippen molar-refractivity contribution in [3.05, 3.63) is 298 Å². The maximum Gasteiger partial charge on any atom is 0.408 e. The molecule has 2 atom stereocenters. The molecule has 25 heteroatoms. The number of methoxy groups -OCH3 is 1. The Hall–Kier alpha value is -11.8. The van der Waals surface area contributed by atoms with Crippen molar-refractivity contribution in [3.8, 4) is 11.5 Å². The van der Waals surface area contributed by atoms with E-state index >= 15 is 0 Å². The maximum atomic E-state index is 14.6. The number of carbonyl (C=O) groups is 5. The molecular weight excluding hydrogens is 1330 g/mol.